The smallest absolute Gasteiger partial charge is 0.00190 e. The predicted octanol–water partition coefficient (Wildman–Crippen LogP) is 9.41. The molecule has 1 fully saturated rings. The van der Waals surface area contributed by atoms with E-state index in [4.69, 9.17) is 0 Å². The van der Waals surface area contributed by atoms with Crippen molar-refractivity contribution in [3.05, 3.63) is 76.4 Å². The van der Waals surface area contributed by atoms with Gasteiger partial charge in [-0.25, -0.2) is 0 Å². The molecule has 0 N–H and O–H groups in total. The molecule has 4 rings (SSSR count). The van der Waals surface area contributed by atoms with Crippen LogP contribution < -0.4 is 0 Å². The van der Waals surface area contributed by atoms with E-state index < -0.39 is 0 Å². The van der Waals surface area contributed by atoms with Crippen molar-refractivity contribution < 1.29 is 0 Å². The van der Waals surface area contributed by atoms with Crippen molar-refractivity contribution in [3.63, 3.8) is 0 Å². The highest BCUT2D eigenvalue weighted by atomic mass is 35.5. The first-order valence-corrected chi connectivity index (χ1v) is 13.7. The number of hydrogen-bond donors (Lipinski definition) is 0. The van der Waals surface area contributed by atoms with Gasteiger partial charge in [-0.3, -0.25) is 0 Å². The molecule has 2 aliphatic rings. The van der Waals surface area contributed by atoms with Crippen molar-refractivity contribution in [2.45, 2.75) is 84.0 Å². The maximum atomic E-state index is 2.71. The van der Waals surface area contributed by atoms with E-state index in [1.807, 2.05) is 0 Å². The zero-order valence-corrected chi connectivity index (χ0v) is 22.1. The van der Waals surface area contributed by atoms with Crippen LogP contribution in [0.3, 0.4) is 0 Å². The summed E-state index contributed by atoms with van der Waals surface area (Å²) in [7, 11) is 0. The van der Waals surface area contributed by atoms with Crippen LogP contribution in [0.1, 0.15) is 106 Å². The summed E-state index contributed by atoms with van der Waals surface area (Å²) in [5, 5.41) is 0. The molecule has 1 aliphatic carbocycles. The Hall–Kier alpha value is -1.83. The van der Waals surface area contributed by atoms with E-state index in [-0.39, 0.29) is 12.4 Å². The second-order valence-electron chi connectivity index (χ2n) is 10.0. The van der Waals surface area contributed by atoms with Crippen molar-refractivity contribution in [1.29, 1.82) is 0 Å². The molecule has 184 valence electrons. The quantitative estimate of drug-likeness (QED) is 0.248. The minimum absolute atomic E-state index is 0. The van der Waals surface area contributed by atoms with Gasteiger partial charge < -0.3 is 4.90 Å². The molecule has 0 radical (unpaired) electrons. The van der Waals surface area contributed by atoms with Crippen molar-refractivity contribution in [3.8, 4) is 0 Å². The lowest BCUT2D eigenvalue weighted by Gasteiger charge is -2.30. The van der Waals surface area contributed by atoms with Gasteiger partial charge >= 0.3 is 0 Å². The molecule has 1 saturated heterocycles. The molecule has 0 aromatic heterocycles. The Bertz CT molecular complexity index is 880. The Labute approximate surface area is 214 Å². The van der Waals surface area contributed by atoms with E-state index in [9.17, 15) is 0 Å². The first-order chi connectivity index (χ1) is 16.4. The lowest BCUT2D eigenvalue weighted by atomic mass is 9.86. The van der Waals surface area contributed by atoms with Gasteiger partial charge in [0, 0.05) is 13.1 Å². The van der Waals surface area contributed by atoms with Crippen LogP contribution in [0.2, 0.25) is 0 Å². The molecule has 0 saturated carbocycles. The van der Waals surface area contributed by atoms with Crippen molar-refractivity contribution in [2.75, 3.05) is 19.6 Å². The van der Waals surface area contributed by atoms with Crippen molar-refractivity contribution in [1.82, 2.24) is 4.90 Å². The highest BCUT2D eigenvalue weighted by molar-refractivity contribution is 5.94. The molecule has 0 spiro atoms. The maximum absolute atomic E-state index is 2.71. The van der Waals surface area contributed by atoms with Gasteiger partial charge in [-0.05, 0) is 53.6 Å². The largest absolute Gasteiger partial charge is 0.303 e. The summed E-state index contributed by atoms with van der Waals surface area (Å²) in [4.78, 5) is 2.71. The lowest BCUT2D eigenvalue weighted by molar-refractivity contribution is 0.251. The molecular formula is C32H44ClN. The molecule has 1 nitrogen and oxygen atoms in total. The molecule has 0 unspecified atom stereocenters. The Morgan fingerprint density at radius 2 is 1.09 bits per heavy atom. The van der Waals surface area contributed by atoms with Crippen molar-refractivity contribution >= 4 is 30.1 Å². The number of unbranched alkanes of at least 4 members (excludes halogenated alkanes) is 9. The van der Waals surface area contributed by atoms with Crippen LogP contribution >= 0.6 is 12.4 Å². The van der Waals surface area contributed by atoms with Gasteiger partial charge in [0.25, 0.3) is 0 Å². The highest BCUT2D eigenvalue weighted by Crippen LogP contribution is 2.38. The van der Waals surface area contributed by atoms with E-state index in [0.717, 1.165) is 0 Å². The van der Waals surface area contributed by atoms with Crippen LogP contribution in [-0.4, -0.2) is 24.5 Å². The summed E-state index contributed by atoms with van der Waals surface area (Å²) in [6.45, 7) is 6.02. The predicted molar refractivity (Wildman–Crippen MR) is 153 cm³/mol. The maximum Gasteiger partial charge on any atom is 0.00190 e. The number of likely N-dealkylation sites (tertiary alicyclic amines) is 1. The van der Waals surface area contributed by atoms with Crippen LogP contribution in [0, 0.1) is 0 Å². The Kier molecular flexibility index (Phi) is 11.4. The number of piperidine rings is 1. The van der Waals surface area contributed by atoms with Gasteiger partial charge in [0.2, 0.25) is 0 Å². The van der Waals surface area contributed by atoms with E-state index in [0.29, 0.717) is 0 Å². The number of nitrogens with zero attached hydrogens (tertiary/aromatic N) is 1. The first-order valence-electron chi connectivity index (χ1n) is 13.7. The summed E-state index contributed by atoms with van der Waals surface area (Å²) >= 11 is 0. The molecule has 0 atom stereocenters. The van der Waals surface area contributed by atoms with Gasteiger partial charge in [0.1, 0.15) is 0 Å². The summed E-state index contributed by atoms with van der Waals surface area (Å²) in [5.41, 5.74) is 8.68. The van der Waals surface area contributed by atoms with Gasteiger partial charge in [-0.15, -0.1) is 12.4 Å². The fourth-order valence-corrected chi connectivity index (χ4v) is 5.56. The third-order valence-corrected chi connectivity index (χ3v) is 7.54. The van der Waals surface area contributed by atoms with Gasteiger partial charge in [-0.2, -0.15) is 0 Å². The average Bonchev–Trinajstić information content (AvgIpc) is 3.03. The van der Waals surface area contributed by atoms with Gasteiger partial charge in [0.05, 0.1) is 0 Å². The van der Waals surface area contributed by atoms with Crippen molar-refractivity contribution in [2.24, 2.45) is 0 Å². The number of halogens is 1. The SMILES string of the molecule is CCCCCCCCCCCCN1CCC(=C2c3ccccc3C=Cc3ccccc32)CC1.Cl. The minimum atomic E-state index is 0. The molecule has 34 heavy (non-hydrogen) atoms. The molecule has 0 amide bonds. The standard InChI is InChI=1S/C32H43N.ClH/c1-2-3-4-5-6-7-8-9-10-15-24-33-25-22-29(23-26-33)32-30-18-13-11-16-27(30)20-21-28-17-12-14-19-31(28)32;/h11-14,16-21H,2-10,15,22-26H2,1H3;1H. The lowest BCUT2D eigenvalue weighted by Crippen LogP contribution is -2.32. The van der Waals surface area contributed by atoms with Gasteiger partial charge in [-0.1, -0.05) is 131 Å². The summed E-state index contributed by atoms with van der Waals surface area (Å²) in [6, 6.07) is 17.9. The number of fused-ring (bicyclic) bond motifs is 2. The highest BCUT2D eigenvalue weighted by Gasteiger charge is 2.22. The van der Waals surface area contributed by atoms with Crippen LogP contribution in [0.4, 0.5) is 0 Å². The number of rotatable bonds is 11. The molecule has 1 heterocycles. The van der Waals surface area contributed by atoms with E-state index in [1.54, 1.807) is 5.57 Å². The third-order valence-electron chi connectivity index (χ3n) is 7.54. The molecular weight excluding hydrogens is 434 g/mol. The Morgan fingerprint density at radius 1 is 0.618 bits per heavy atom. The van der Waals surface area contributed by atoms with E-state index in [1.165, 1.54) is 125 Å². The molecule has 2 aromatic rings. The average molecular weight is 478 g/mol. The van der Waals surface area contributed by atoms with Crippen LogP contribution in [-0.2, 0) is 0 Å². The minimum Gasteiger partial charge on any atom is -0.303 e. The fraction of sp³-hybridized carbons (Fsp3) is 0.500. The molecule has 2 aromatic carbocycles. The van der Waals surface area contributed by atoms with Crippen LogP contribution in [0.25, 0.3) is 17.7 Å². The summed E-state index contributed by atoms with van der Waals surface area (Å²) in [6.07, 6.45) is 21.2. The zero-order chi connectivity index (χ0) is 22.7. The Morgan fingerprint density at radius 3 is 1.62 bits per heavy atom. The summed E-state index contributed by atoms with van der Waals surface area (Å²) < 4.78 is 0. The normalized spacial score (nSPS) is 15.4. The zero-order valence-electron chi connectivity index (χ0n) is 21.2. The van der Waals surface area contributed by atoms with E-state index in [2.05, 4.69) is 72.5 Å². The van der Waals surface area contributed by atoms with Crippen LogP contribution in [0.5, 0.6) is 0 Å². The number of benzene rings is 2. The molecule has 1 aliphatic heterocycles. The number of hydrogen-bond acceptors (Lipinski definition) is 1. The molecule has 0 bridgehead atoms. The van der Waals surface area contributed by atoms with Gasteiger partial charge in [0.15, 0.2) is 0 Å². The first kappa shape index (κ1) is 26.8. The summed E-state index contributed by atoms with van der Waals surface area (Å²) in [5.74, 6) is 0. The second-order valence-corrected chi connectivity index (χ2v) is 10.0. The van der Waals surface area contributed by atoms with E-state index >= 15 is 0 Å². The topological polar surface area (TPSA) is 3.24 Å². The second kappa shape index (κ2) is 14.5. The third kappa shape index (κ3) is 7.33. The Balaban J connectivity index is 0.00000324. The van der Waals surface area contributed by atoms with Crippen LogP contribution in [0.15, 0.2) is 54.1 Å². The monoisotopic (exact) mass is 477 g/mol. The molecule has 2 heteroatoms. The fourth-order valence-electron chi connectivity index (χ4n) is 5.56.